The fourth-order valence-electron chi connectivity index (χ4n) is 1.31. The zero-order chi connectivity index (χ0) is 9.97. The van der Waals surface area contributed by atoms with E-state index in [1.165, 1.54) is 5.56 Å². The first kappa shape index (κ1) is 9.59. The highest BCUT2D eigenvalue weighted by Gasteiger charge is 2.14. The summed E-state index contributed by atoms with van der Waals surface area (Å²) in [6.45, 7) is 5.21. The van der Waals surface area contributed by atoms with Crippen LogP contribution in [0.15, 0.2) is 29.3 Å². The van der Waals surface area contributed by atoms with Crippen molar-refractivity contribution >= 4 is 22.6 Å². The molecule has 14 heavy (non-hydrogen) atoms. The number of nitrogens with one attached hydrogen (secondary N) is 1. The second kappa shape index (κ2) is 4.05. The van der Waals surface area contributed by atoms with Crippen molar-refractivity contribution in [3.63, 3.8) is 0 Å². The number of anilines is 1. The van der Waals surface area contributed by atoms with Gasteiger partial charge in [0.2, 0.25) is 0 Å². The molecule has 1 aliphatic heterocycles. The molecule has 1 aromatic carbocycles. The normalized spacial score (nSPS) is 20.7. The molecule has 1 heterocycles. The predicted molar refractivity (Wildman–Crippen MR) is 64.2 cm³/mol. The van der Waals surface area contributed by atoms with Crippen LogP contribution >= 0.6 is 11.8 Å². The Bertz CT molecular complexity index is 343. The number of nitrogens with zero attached hydrogens (tertiary/aromatic N) is 1. The van der Waals surface area contributed by atoms with Gasteiger partial charge in [-0.2, -0.15) is 0 Å². The molecule has 1 atom stereocenters. The number of aryl methyl sites for hydroxylation is 1. The number of hydrogen-bond acceptors (Lipinski definition) is 3. The lowest BCUT2D eigenvalue weighted by Gasteiger charge is -2.05. The van der Waals surface area contributed by atoms with Crippen molar-refractivity contribution < 1.29 is 0 Å². The molecule has 0 spiro atoms. The molecule has 0 amide bonds. The van der Waals surface area contributed by atoms with Gasteiger partial charge in [-0.3, -0.25) is 4.99 Å². The summed E-state index contributed by atoms with van der Waals surface area (Å²) in [5, 5.41) is 4.97. The smallest absolute Gasteiger partial charge is 0.161 e. The maximum atomic E-state index is 4.40. The van der Waals surface area contributed by atoms with E-state index in [9.17, 15) is 0 Å². The van der Waals surface area contributed by atoms with Crippen LogP contribution in [0.1, 0.15) is 12.5 Å². The van der Waals surface area contributed by atoms with E-state index in [-0.39, 0.29) is 0 Å². The van der Waals surface area contributed by atoms with Gasteiger partial charge in [-0.05, 0) is 19.1 Å². The number of benzene rings is 1. The third kappa shape index (κ3) is 2.29. The average Bonchev–Trinajstić information content (AvgIpc) is 2.56. The minimum absolute atomic E-state index is 0.614. The summed E-state index contributed by atoms with van der Waals surface area (Å²) in [4.78, 5) is 4.40. The first-order chi connectivity index (χ1) is 6.74. The molecular formula is C11H14N2S. The average molecular weight is 206 g/mol. The summed E-state index contributed by atoms with van der Waals surface area (Å²) in [5.74, 6) is 0. The van der Waals surface area contributed by atoms with Crippen molar-refractivity contribution in [1.82, 2.24) is 0 Å². The molecule has 74 valence electrons. The minimum Gasteiger partial charge on any atom is -0.335 e. The molecule has 3 heteroatoms. The molecule has 2 nitrogen and oxygen atoms in total. The van der Waals surface area contributed by atoms with Crippen molar-refractivity contribution in [3.05, 3.63) is 29.8 Å². The molecule has 2 rings (SSSR count). The van der Waals surface area contributed by atoms with Crippen LogP contribution in [-0.2, 0) is 0 Å². The van der Waals surface area contributed by atoms with Gasteiger partial charge in [0.1, 0.15) is 0 Å². The summed E-state index contributed by atoms with van der Waals surface area (Å²) < 4.78 is 0. The highest BCUT2D eigenvalue weighted by molar-refractivity contribution is 8.15. The molecule has 0 bridgehead atoms. The number of hydrogen-bond donors (Lipinski definition) is 1. The van der Waals surface area contributed by atoms with Crippen LogP contribution < -0.4 is 5.32 Å². The van der Waals surface area contributed by atoms with Crippen molar-refractivity contribution in [1.29, 1.82) is 0 Å². The molecule has 0 saturated heterocycles. The summed E-state index contributed by atoms with van der Waals surface area (Å²) in [5.41, 5.74) is 2.40. The molecule has 0 radical (unpaired) electrons. The summed E-state index contributed by atoms with van der Waals surface area (Å²) in [6.07, 6.45) is 0. The van der Waals surface area contributed by atoms with Gasteiger partial charge < -0.3 is 5.32 Å². The lowest BCUT2D eigenvalue weighted by atomic mass is 10.2. The van der Waals surface area contributed by atoms with Crippen LogP contribution in [0.2, 0.25) is 0 Å². The van der Waals surface area contributed by atoms with Crippen molar-refractivity contribution in [2.24, 2.45) is 4.99 Å². The second-order valence-corrected chi connectivity index (χ2v) is 4.99. The standard InChI is InChI=1S/C11H14N2S/c1-8-3-5-10(6-4-8)13-11-12-7-9(2)14-11/h3-6,9H,7H2,1-2H3,(H,12,13). The molecule has 0 fully saturated rings. The Morgan fingerprint density at radius 2 is 2.07 bits per heavy atom. The van der Waals surface area contributed by atoms with Gasteiger partial charge >= 0.3 is 0 Å². The molecule has 1 unspecified atom stereocenters. The lowest BCUT2D eigenvalue weighted by Crippen LogP contribution is -2.05. The van der Waals surface area contributed by atoms with Crippen LogP contribution in [0, 0.1) is 6.92 Å². The Hall–Kier alpha value is -0.960. The maximum absolute atomic E-state index is 4.40. The van der Waals surface area contributed by atoms with E-state index in [4.69, 9.17) is 0 Å². The number of amidine groups is 1. The van der Waals surface area contributed by atoms with E-state index in [1.807, 2.05) is 0 Å². The lowest BCUT2D eigenvalue weighted by molar-refractivity contribution is 0.976. The molecule has 1 aliphatic rings. The maximum Gasteiger partial charge on any atom is 0.161 e. The number of aliphatic imine (C=N–C) groups is 1. The van der Waals surface area contributed by atoms with Crippen LogP contribution in [0.4, 0.5) is 5.69 Å². The van der Waals surface area contributed by atoms with Crippen LogP contribution in [-0.4, -0.2) is 17.0 Å². The van der Waals surface area contributed by atoms with Gasteiger partial charge in [0.15, 0.2) is 5.17 Å². The van der Waals surface area contributed by atoms with E-state index >= 15 is 0 Å². The van der Waals surface area contributed by atoms with E-state index in [2.05, 4.69) is 48.4 Å². The molecular weight excluding hydrogens is 192 g/mol. The first-order valence-electron chi connectivity index (χ1n) is 4.79. The van der Waals surface area contributed by atoms with E-state index in [0.29, 0.717) is 5.25 Å². The molecule has 0 saturated carbocycles. The Kier molecular flexibility index (Phi) is 2.77. The number of rotatable bonds is 1. The highest BCUT2D eigenvalue weighted by Crippen LogP contribution is 2.21. The van der Waals surface area contributed by atoms with Crippen LogP contribution in [0.25, 0.3) is 0 Å². The highest BCUT2D eigenvalue weighted by atomic mass is 32.2. The zero-order valence-electron chi connectivity index (χ0n) is 8.45. The first-order valence-corrected chi connectivity index (χ1v) is 5.67. The van der Waals surface area contributed by atoms with Crippen molar-refractivity contribution in [2.75, 3.05) is 11.9 Å². The number of thioether (sulfide) groups is 1. The SMILES string of the molecule is Cc1ccc(NC2=NCC(C)S2)cc1. The molecule has 1 N–H and O–H groups in total. The Morgan fingerprint density at radius 1 is 1.36 bits per heavy atom. The van der Waals surface area contributed by atoms with Gasteiger partial charge in [0.05, 0.1) is 6.54 Å². The summed E-state index contributed by atoms with van der Waals surface area (Å²) >= 11 is 1.80. The largest absolute Gasteiger partial charge is 0.335 e. The van der Waals surface area contributed by atoms with Gasteiger partial charge in [-0.15, -0.1) is 0 Å². The molecule has 1 aromatic rings. The van der Waals surface area contributed by atoms with Gasteiger partial charge in [0, 0.05) is 10.9 Å². The third-order valence-corrected chi connectivity index (χ3v) is 3.11. The Morgan fingerprint density at radius 3 is 2.64 bits per heavy atom. The van der Waals surface area contributed by atoms with Crippen molar-refractivity contribution in [2.45, 2.75) is 19.1 Å². The summed E-state index contributed by atoms with van der Waals surface area (Å²) in [7, 11) is 0. The van der Waals surface area contributed by atoms with E-state index in [1.54, 1.807) is 11.8 Å². The second-order valence-electron chi connectivity index (χ2n) is 3.57. The van der Waals surface area contributed by atoms with Gasteiger partial charge in [-0.1, -0.05) is 36.4 Å². The van der Waals surface area contributed by atoms with E-state index in [0.717, 1.165) is 17.4 Å². The quantitative estimate of drug-likeness (QED) is 0.764. The monoisotopic (exact) mass is 206 g/mol. The fourth-order valence-corrected chi connectivity index (χ4v) is 2.16. The fraction of sp³-hybridized carbons (Fsp3) is 0.364. The van der Waals surface area contributed by atoms with Gasteiger partial charge in [-0.25, -0.2) is 0 Å². The van der Waals surface area contributed by atoms with Gasteiger partial charge in [0.25, 0.3) is 0 Å². The predicted octanol–water partition coefficient (Wildman–Crippen LogP) is 2.90. The molecule has 0 aromatic heterocycles. The van der Waals surface area contributed by atoms with E-state index < -0.39 is 0 Å². The Labute approximate surface area is 88.8 Å². The topological polar surface area (TPSA) is 24.4 Å². The minimum atomic E-state index is 0.614. The zero-order valence-corrected chi connectivity index (χ0v) is 9.27. The van der Waals surface area contributed by atoms with Crippen molar-refractivity contribution in [3.8, 4) is 0 Å². The van der Waals surface area contributed by atoms with Crippen LogP contribution in [0.3, 0.4) is 0 Å². The van der Waals surface area contributed by atoms with Crippen LogP contribution in [0.5, 0.6) is 0 Å². The Balaban J connectivity index is 2.01. The third-order valence-electron chi connectivity index (χ3n) is 2.11. The molecule has 0 aliphatic carbocycles. The summed E-state index contributed by atoms with van der Waals surface area (Å²) in [6, 6.07) is 8.38.